The third-order valence-corrected chi connectivity index (χ3v) is 16.2. The number of nitrogens with one attached hydrogen (secondary N) is 1. The number of aliphatic hydroxyl groups is 2. The molecule has 3 amide bonds. The number of benzene rings is 2. The summed E-state index contributed by atoms with van der Waals surface area (Å²) in [5, 5.41) is 25.1. The Bertz CT molecular complexity index is 2360. The van der Waals surface area contributed by atoms with Crippen LogP contribution in [0.1, 0.15) is 84.3 Å². The molecule has 11 atom stereocenters. The Morgan fingerprint density at radius 3 is 2.25 bits per heavy atom. The summed E-state index contributed by atoms with van der Waals surface area (Å²) in [6.45, 7) is 8.38. The number of fused-ring (bicyclic) bond motifs is 7. The van der Waals surface area contributed by atoms with E-state index in [1.807, 2.05) is 68.5 Å². The molecule has 14 heteroatoms. The molecule has 2 aromatic carbocycles. The predicted octanol–water partition coefficient (Wildman–Crippen LogP) is 5.14. The van der Waals surface area contributed by atoms with Crippen molar-refractivity contribution in [2.75, 3.05) is 13.2 Å². The van der Waals surface area contributed by atoms with Crippen molar-refractivity contribution in [3.63, 3.8) is 0 Å². The molecule has 338 valence electrons. The first-order chi connectivity index (χ1) is 30.3. The molecule has 0 unspecified atom stereocenters. The van der Waals surface area contributed by atoms with E-state index in [0.29, 0.717) is 18.4 Å². The topological polar surface area (TPSA) is 194 Å². The lowest BCUT2D eigenvalue weighted by Gasteiger charge is -2.60. The summed E-state index contributed by atoms with van der Waals surface area (Å²) in [4.78, 5) is 91.0. The van der Waals surface area contributed by atoms with Crippen molar-refractivity contribution in [1.82, 2.24) is 10.2 Å². The lowest BCUT2D eigenvalue weighted by atomic mass is 9.46. The maximum absolute atomic E-state index is 14.1. The Hall–Kier alpha value is -4.86. The van der Waals surface area contributed by atoms with Gasteiger partial charge in [-0.1, -0.05) is 68.4 Å². The van der Waals surface area contributed by atoms with Gasteiger partial charge in [-0.2, -0.15) is 0 Å². The number of ether oxygens (including phenoxy) is 2. The minimum absolute atomic E-state index is 0.0138. The number of allylic oxidation sites excluding steroid dienone is 4. The maximum Gasteiger partial charge on any atom is 0.253 e. The van der Waals surface area contributed by atoms with Crippen LogP contribution in [0, 0.1) is 34.5 Å². The summed E-state index contributed by atoms with van der Waals surface area (Å²) in [6.07, 6.45) is 8.50. The standard InChI is InChI=1S/C50H56N2O11S/c1-28(22-34(55)19-21-52-43(59)16-17-44(52)60)46(61)51-29(2)39(56)23-30-6-11-35(12-7-30)64-36-13-8-31(9-14-36)49(5)62-42-25-38-37-15-10-32-24-33(54)18-20-47(32,3)45(37)40(57)26-48(38,4)50(42,63-49)41(58)27-53/h6-9,11-14,16-18,20,24,28-29,37-38,40,42,45,53,57H,10,15,19,21-23,25-27H2,1-5H3,(H,51,61)/t28-,29+,37+,38+,40+,42-,45-,47+,48+,49+,50-/m1/s1. The predicted molar refractivity (Wildman–Crippen MR) is 234 cm³/mol. The van der Waals surface area contributed by atoms with Crippen LogP contribution in [-0.4, -0.2) is 93.0 Å². The second-order valence-electron chi connectivity index (χ2n) is 19.1. The van der Waals surface area contributed by atoms with Gasteiger partial charge in [-0.05, 0) is 93.3 Å². The zero-order chi connectivity index (χ0) is 45.9. The summed E-state index contributed by atoms with van der Waals surface area (Å²) < 4.78 is 13.7. The molecule has 4 fully saturated rings. The average molecular weight is 893 g/mol. The second-order valence-corrected chi connectivity index (χ2v) is 20.3. The van der Waals surface area contributed by atoms with Gasteiger partial charge in [0, 0.05) is 76.0 Å². The first kappa shape index (κ1) is 45.7. The number of hydrogen-bond donors (Lipinski definition) is 3. The molecular weight excluding hydrogens is 837 g/mol. The minimum Gasteiger partial charge on any atom is -0.393 e. The Morgan fingerprint density at radius 1 is 0.938 bits per heavy atom. The van der Waals surface area contributed by atoms with Crippen LogP contribution in [0.5, 0.6) is 0 Å². The van der Waals surface area contributed by atoms with E-state index in [0.717, 1.165) is 50.8 Å². The lowest BCUT2D eigenvalue weighted by Crippen LogP contribution is -2.63. The molecule has 2 aromatic rings. The zero-order valence-corrected chi connectivity index (χ0v) is 37.7. The number of amides is 3. The molecule has 2 aliphatic heterocycles. The third-order valence-electron chi connectivity index (χ3n) is 15.2. The molecule has 8 rings (SSSR count). The van der Waals surface area contributed by atoms with Crippen LogP contribution in [0.2, 0.25) is 0 Å². The van der Waals surface area contributed by atoms with E-state index in [1.165, 1.54) is 11.8 Å². The molecule has 2 heterocycles. The van der Waals surface area contributed by atoms with Crippen molar-refractivity contribution in [2.45, 2.75) is 119 Å². The molecule has 6 aliphatic rings. The number of carbonyl (C=O) groups excluding carboxylic acids is 7. The molecule has 4 aliphatic carbocycles. The highest BCUT2D eigenvalue weighted by atomic mass is 32.2. The van der Waals surface area contributed by atoms with Gasteiger partial charge >= 0.3 is 0 Å². The van der Waals surface area contributed by atoms with Gasteiger partial charge in [-0.25, -0.2) is 0 Å². The van der Waals surface area contributed by atoms with Crippen molar-refractivity contribution in [3.05, 3.63) is 95.6 Å². The van der Waals surface area contributed by atoms with Crippen LogP contribution < -0.4 is 5.32 Å². The van der Waals surface area contributed by atoms with Crippen LogP contribution in [0.4, 0.5) is 0 Å². The highest BCUT2D eigenvalue weighted by Crippen LogP contribution is 2.71. The van der Waals surface area contributed by atoms with E-state index in [1.54, 1.807) is 26.0 Å². The first-order valence-corrected chi connectivity index (χ1v) is 23.0. The van der Waals surface area contributed by atoms with E-state index < -0.39 is 76.5 Å². The van der Waals surface area contributed by atoms with Crippen LogP contribution in [0.15, 0.2) is 94.3 Å². The SMILES string of the molecule is C[C@H](CC(=O)CCN1C(=O)C=CC1=O)C(=O)N[C@@H](C)C(=O)Cc1ccc(Sc2ccc([C@@]3(C)O[C@@H]4C[C@H]5[C@@H]6CCC7=CC(=O)C=C[C@]7(C)[C@H]6[C@@H](O)C[C@]5(C)[C@]4(C(=O)CO)O3)cc2)cc1. The maximum atomic E-state index is 14.1. The quantitative estimate of drug-likeness (QED) is 0.200. The number of carbonyl (C=O) groups is 7. The molecule has 0 spiro atoms. The fourth-order valence-electron chi connectivity index (χ4n) is 11.9. The van der Waals surface area contributed by atoms with Gasteiger partial charge in [0.05, 0.1) is 18.2 Å². The van der Waals surface area contributed by atoms with E-state index in [4.69, 9.17) is 9.47 Å². The number of imide groups is 1. The van der Waals surface area contributed by atoms with Crippen LogP contribution in [-0.2, 0) is 55.2 Å². The van der Waals surface area contributed by atoms with Gasteiger partial charge in [0.1, 0.15) is 12.4 Å². The monoisotopic (exact) mass is 892 g/mol. The molecule has 0 radical (unpaired) electrons. The summed E-state index contributed by atoms with van der Waals surface area (Å²) >= 11 is 1.52. The zero-order valence-electron chi connectivity index (χ0n) is 36.8. The van der Waals surface area contributed by atoms with Gasteiger partial charge in [-0.3, -0.25) is 38.5 Å². The summed E-state index contributed by atoms with van der Waals surface area (Å²) in [5.74, 6) is -4.38. The van der Waals surface area contributed by atoms with E-state index >= 15 is 0 Å². The number of ketones is 4. The van der Waals surface area contributed by atoms with Crippen molar-refractivity contribution in [3.8, 4) is 0 Å². The van der Waals surface area contributed by atoms with Crippen molar-refractivity contribution < 1.29 is 53.2 Å². The van der Waals surface area contributed by atoms with Crippen LogP contribution in [0.3, 0.4) is 0 Å². The van der Waals surface area contributed by atoms with Crippen LogP contribution >= 0.6 is 11.8 Å². The van der Waals surface area contributed by atoms with Crippen molar-refractivity contribution in [1.29, 1.82) is 0 Å². The summed E-state index contributed by atoms with van der Waals surface area (Å²) in [6, 6.07) is 14.5. The third kappa shape index (κ3) is 7.88. The number of aliphatic hydroxyl groups excluding tert-OH is 2. The van der Waals surface area contributed by atoms with E-state index in [2.05, 4.69) is 12.2 Å². The Kier molecular flexibility index (Phi) is 12.3. The van der Waals surface area contributed by atoms with Crippen LogP contribution in [0.25, 0.3) is 0 Å². The number of hydrogen-bond acceptors (Lipinski definition) is 12. The normalized spacial score (nSPS) is 33.5. The number of Topliss-reactive ketones (excluding diaryl/α,β-unsaturated/α-hetero) is 3. The number of rotatable bonds is 15. The Balaban J connectivity index is 0.865. The largest absolute Gasteiger partial charge is 0.393 e. The fraction of sp³-hybridized carbons (Fsp3) is 0.500. The summed E-state index contributed by atoms with van der Waals surface area (Å²) in [5.41, 5.74) is -0.219. The fourth-order valence-corrected chi connectivity index (χ4v) is 12.7. The van der Waals surface area contributed by atoms with E-state index in [9.17, 15) is 43.8 Å². The minimum atomic E-state index is -1.47. The number of nitrogens with zero attached hydrogens (tertiary/aromatic N) is 1. The van der Waals surface area contributed by atoms with Gasteiger partial charge in [0.25, 0.3) is 11.8 Å². The molecule has 1 saturated heterocycles. The van der Waals surface area contributed by atoms with Crippen molar-refractivity contribution >= 4 is 52.6 Å². The van der Waals surface area contributed by atoms with Gasteiger partial charge in [0.15, 0.2) is 28.7 Å². The summed E-state index contributed by atoms with van der Waals surface area (Å²) in [7, 11) is 0. The molecule has 3 N–H and O–H groups in total. The van der Waals surface area contributed by atoms with Gasteiger partial charge in [-0.15, -0.1) is 0 Å². The Labute approximate surface area is 377 Å². The molecule has 64 heavy (non-hydrogen) atoms. The lowest BCUT2D eigenvalue weighted by molar-refractivity contribution is -0.237. The molecule has 0 aromatic heterocycles. The highest BCUT2D eigenvalue weighted by molar-refractivity contribution is 7.99. The smallest absolute Gasteiger partial charge is 0.253 e. The highest BCUT2D eigenvalue weighted by Gasteiger charge is 2.77. The second kappa shape index (κ2) is 17.2. The van der Waals surface area contributed by atoms with Gasteiger partial charge < -0.3 is 25.0 Å². The molecular formula is C50H56N2O11S. The van der Waals surface area contributed by atoms with E-state index in [-0.39, 0.29) is 60.9 Å². The molecule has 13 nitrogen and oxygen atoms in total. The molecule has 0 bridgehead atoms. The van der Waals surface area contributed by atoms with Gasteiger partial charge in [0.2, 0.25) is 5.91 Å². The average Bonchev–Trinajstić information content (AvgIpc) is 3.84. The Morgan fingerprint density at radius 2 is 1.59 bits per heavy atom. The molecule has 3 saturated carbocycles. The first-order valence-electron chi connectivity index (χ1n) is 22.2. The van der Waals surface area contributed by atoms with Crippen molar-refractivity contribution in [2.24, 2.45) is 34.5 Å².